The molecule has 0 saturated heterocycles. The van der Waals surface area contributed by atoms with Gasteiger partial charge in [-0.1, -0.05) is 13.3 Å². The molecule has 1 heterocycles. The summed E-state index contributed by atoms with van der Waals surface area (Å²) >= 11 is 0. The first kappa shape index (κ1) is 13.8. The van der Waals surface area contributed by atoms with Gasteiger partial charge in [0.15, 0.2) is 0 Å². The molecular weight excluding hydrogens is 218 g/mol. The van der Waals surface area contributed by atoms with Gasteiger partial charge < -0.3 is 14.5 Å². The number of carbonyl (C=O) groups is 1. The average Bonchev–Trinajstić information content (AvgIpc) is 2.74. The Morgan fingerprint density at radius 3 is 2.82 bits per heavy atom. The van der Waals surface area contributed by atoms with Crippen molar-refractivity contribution in [3.8, 4) is 0 Å². The summed E-state index contributed by atoms with van der Waals surface area (Å²) in [5.74, 6) is 0.377. The number of methoxy groups -OCH3 is 1. The van der Waals surface area contributed by atoms with Crippen molar-refractivity contribution in [3.05, 3.63) is 23.7 Å². The van der Waals surface area contributed by atoms with E-state index >= 15 is 0 Å². The molecule has 0 saturated carbocycles. The predicted molar refractivity (Wildman–Crippen MR) is 65.9 cm³/mol. The largest absolute Gasteiger partial charge is 0.467 e. The van der Waals surface area contributed by atoms with E-state index in [-0.39, 0.29) is 11.5 Å². The number of hydrogen-bond donors (Lipinski definition) is 1. The van der Waals surface area contributed by atoms with E-state index in [2.05, 4.69) is 30.8 Å². The second-order valence-corrected chi connectivity index (χ2v) is 4.78. The van der Waals surface area contributed by atoms with Crippen LogP contribution in [-0.2, 0) is 11.3 Å². The van der Waals surface area contributed by atoms with Gasteiger partial charge in [0.25, 0.3) is 0 Å². The molecule has 0 aliphatic heterocycles. The zero-order valence-electron chi connectivity index (χ0n) is 11.0. The minimum absolute atomic E-state index is 0.0764. The van der Waals surface area contributed by atoms with Crippen LogP contribution in [-0.4, -0.2) is 18.6 Å². The lowest BCUT2D eigenvalue weighted by Crippen LogP contribution is -2.38. The summed E-state index contributed by atoms with van der Waals surface area (Å²) in [6, 6.07) is 1.71. The highest BCUT2D eigenvalue weighted by molar-refractivity contribution is 5.88. The standard InChI is InChI=1S/C13H21NO3/c1-5-6-13(2,3)14-8-11-7-10(9-17-11)12(15)16-4/h7,9,14H,5-6,8H2,1-4H3. The molecule has 1 aromatic rings. The Morgan fingerprint density at radius 2 is 2.24 bits per heavy atom. The zero-order chi connectivity index (χ0) is 12.9. The van der Waals surface area contributed by atoms with Gasteiger partial charge in [0.2, 0.25) is 0 Å². The molecule has 0 atom stereocenters. The molecular formula is C13H21NO3. The smallest absolute Gasteiger partial charge is 0.341 e. The molecule has 0 radical (unpaired) electrons. The first-order chi connectivity index (χ1) is 7.98. The number of hydrogen-bond acceptors (Lipinski definition) is 4. The van der Waals surface area contributed by atoms with Crippen LogP contribution in [0.1, 0.15) is 49.7 Å². The van der Waals surface area contributed by atoms with Crippen molar-refractivity contribution >= 4 is 5.97 Å². The summed E-state index contributed by atoms with van der Waals surface area (Å²) < 4.78 is 9.91. The molecule has 1 aromatic heterocycles. The van der Waals surface area contributed by atoms with Crippen LogP contribution in [0.2, 0.25) is 0 Å². The van der Waals surface area contributed by atoms with Gasteiger partial charge in [0.1, 0.15) is 12.0 Å². The van der Waals surface area contributed by atoms with E-state index in [9.17, 15) is 4.79 Å². The topological polar surface area (TPSA) is 51.5 Å². The fourth-order valence-electron chi connectivity index (χ4n) is 1.74. The van der Waals surface area contributed by atoms with E-state index in [1.807, 2.05) is 0 Å². The van der Waals surface area contributed by atoms with Crippen LogP contribution in [0.25, 0.3) is 0 Å². The minimum atomic E-state index is -0.368. The van der Waals surface area contributed by atoms with Crippen LogP contribution in [0.5, 0.6) is 0 Å². The molecule has 0 aliphatic carbocycles. The predicted octanol–water partition coefficient (Wildman–Crippen LogP) is 2.73. The molecule has 0 spiro atoms. The van der Waals surface area contributed by atoms with Gasteiger partial charge in [-0.05, 0) is 26.3 Å². The summed E-state index contributed by atoms with van der Waals surface area (Å²) in [4.78, 5) is 11.2. The summed E-state index contributed by atoms with van der Waals surface area (Å²) in [5, 5.41) is 3.40. The van der Waals surface area contributed by atoms with Crippen molar-refractivity contribution in [2.75, 3.05) is 7.11 Å². The van der Waals surface area contributed by atoms with Crippen LogP contribution in [0, 0.1) is 0 Å². The Balaban J connectivity index is 2.53. The van der Waals surface area contributed by atoms with Crippen LogP contribution in [0.15, 0.2) is 16.7 Å². The Labute approximate surface area is 102 Å². The maximum Gasteiger partial charge on any atom is 0.341 e. The fraction of sp³-hybridized carbons (Fsp3) is 0.615. The lowest BCUT2D eigenvalue weighted by molar-refractivity contribution is 0.0600. The van der Waals surface area contributed by atoms with Gasteiger partial charge in [0.05, 0.1) is 19.2 Å². The van der Waals surface area contributed by atoms with E-state index in [0.717, 1.165) is 18.6 Å². The molecule has 0 aliphatic rings. The second-order valence-electron chi connectivity index (χ2n) is 4.78. The highest BCUT2D eigenvalue weighted by Crippen LogP contribution is 2.14. The van der Waals surface area contributed by atoms with Crippen molar-refractivity contribution in [1.29, 1.82) is 0 Å². The summed E-state index contributed by atoms with van der Waals surface area (Å²) in [7, 11) is 1.36. The lowest BCUT2D eigenvalue weighted by Gasteiger charge is -2.25. The van der Waals surface area contributed by atoms with Crippen molar-refractivity contribution < 1.29 is 13.9 Å². The van der Waals surface area contributed by atoms with Gasteiger partial charge in [-0.3, -0.25) is 0 Å². The molecule has 4 heteroatoms. The highest BCUT2D eigenvalue weighted by Gasteiger charge is 2.17. The van der Waals surface area contributed by atoms with Crippen LogP contribution in [0.4, 0.5) is 0 Å². The van der Waals surface area contributed by atoms with Crippen LogP contribution in [0.3, 0.4) is 0 Å². The SMILES string of the molecule is CCCC(C)(C)NCc1cc(C(=O)OC)co1. The molecule has 0 fully saturated rings. The van der Waals surface area contributed by atoms with Gasteiger partial charge in [-0.15, -0.1) is 0 Å². The summed E-state index contributed by atoms with van der Waals surface area (Å²) in [6.07, 6.45) is 3.65. The third-order valence-corrected chi connectivity index (χ3v) is 2.69. The van der Waals surface area contributed by atoms with Gasteiger partial charge in [0, 0.05) is 5.54 Å². The maximum absolute atomic E-state index is 11.2. The van der Waals surface area contributed by atoms with Gasteiger partial charge in [-0.2, -0.15) is 0 Å². The second kappa shape index (κ2) is 5.87. The van der Waals surface area contributed by atoms with Crippen molar-refractivity contribution in [2.45, 2.75) is 45.7 Å². The number of ether oxygens (including phenoxy) is 1. The fourth-order valence-corrected chi connectivity index (χ4v) is 1.74. The Bertz CT molecular complexity index is 368. The first-order valence-electron chi connectivity index (χ1n) is 5.89. The Morgan fingerprint density at radius 1 is 1.53 bits per heavy atom. The number of nitrogens with one attached hydrogen (secondary N) is 1. The summed E-state index contributed by atoms with van der Waals surface area (Å²) in [5.41, 5.74) is 0.532. The molecule has 96 valence electrons. The molecule has 1 rings (SSSR count). The van der Waals surface area contributed by atoms with E-state index < -0.39 is 0 Å². The minimum Gasteiger partial charge on any atom is -0.467 e. The van der Waals surface area contributed by atoms with Gasteiger partial charge >= 0.3 is 5.97 Å². The van der Waals surface area contributed by atoms with Crippen molar-refractivity contribution in [3.63, 3.8) is 0 Å². The first-order valence-corrected chi connectivity index (χ1v) is 5.89. The van der Waals surface area contributed by atoms with Crippen LogP contribution < -0.4 is 5.32 Å². The summed E-state index contributed by atoms with van der Waals surface area (Å²) in [6.45, 7) is 7.08. The molecule has 0 amide bonds. The number of esters is 1. The van der Waals surface area contributed by atoms with Gasteiger partial charge in [-0.25, -0.2) is 4.79 Å². The quantitative estimate of drug-likeness (QED) is 0.775. The number of rotatable bonds is 6. The average molecular weight is 239 g/mol. The monoisotopic (exact) mass is 239 g/mol. The number of carbonyl (C=O) groups excluding carboxylic acids is 1. The zero-order valence-corrected chi connectivity index (χ0v) is 11.0. The van der Waals surface area contributed by atoms with Crippen LogP contribution >= 0.6 is 0 Å². The van der Waals surface area contributed by atoms with Crippen molar-refractivity contribution in [1.82, 2.24) is 5.32 Å². The molecule has 0 unspecified atom stereocenters. The third-order valence-electron chi connectivity index (χ3n) is 2.69. The lowest BCUT2D eigenvalue weighted by atomic mass is 9.99. The third kappa shape index (κ3) is 4.23. The van der Waals surface area contributed by atoms with E-state index in [1.54, 1.807) is 6.07 Å². The maximum atomic E-state index is 11.2. The normalized spacial score (nSPS) is 11.5. The van der Waals surface area contributed by atoms with E-state index in [1.165, 1.54) is 13.4 Å². The van der Waals surface area contributed by atoms with E-state index in [0.29, 0.717) is 12.1 Å². The molecule has 4 nitrogen and oxygen atoms in total. The Hall–Kier alpha value is -1.29. The van der Waals surface area contributed by atoms with E-state index in [4.69, 9.17) is 4.42 Å². The molecule has 0 bridgehead atoms. The Kier molecular flexibility index (Phi) is 4.75. The molecule has 17 heavy (non-hydrogen) atoms. The molecule has 0 aromatic carbocycles. The van der Waals surface area contributed by atoms with Crippen molar-refractivity contribution in [2.24, 2.45) is 0 Å². The highest BCUT2D eigenvalue weighted by atomic mass is 16.5. The number of furan rings is 1. The molecule has 1 N–H and O–H groups in total.